The van der Waals surface area contributed by atoms with E-state index in [1.807, 2.05) is 18.2 Å². The number of halogens is 2. The van der Waals surface area contributed by atoms with Crippen LogP contribution in [0.2, 0.25) is 0 Å². The van der Waals surface area contributed by atoms with Gasteiger partial charge in [-0.15, -0.1) is 24.8 Å². The topological polar surface area (TPSA) is 70.1 Å². The number of H-pyrrole nitrogens is 1. The molecule has 0 radical (unpaired) electrons. The molecule has 1 saturated heterocycles. The Bertz CT molecular complexity index is 683. The molecule has 0 atom stereocenters. The van der Waals surface area contributed by atoms with Gasteiger partial charge in [0.1, 0.15) is 0 Å². The summed E-state index contributed by atoms with van der Waals surface area (Å²) in [4.78, 5) is 13.8. The minimum atomic E-state index is -0.394. The van der Waals surface area contributed by atoms with Crippen molar-refractivity contribution in [1.29, 1.82) is 0 Å². The van der Waals surface area contributed by atoms with Crippen molar-refractivity contribution >= 4 is 41.6 Å². The van der Waals surface area contributed by atoms with E-state index in [0.717, 1.165) is 24.3 Å². The molecule has 2 aromatic rings. The third kappa shape index (κ3) is 3.12. The van der Waals surface area contributed by atoms with Crippen LogP contribution in [-0.2, 0) is 0 Å². The van der Waals surface area contributed by atoms with Gasteiger partial charge in [-0.3, -0.25) is 4.98 Å². The van der Waals surface area contributed by atoms with Crippen LogP contribution in [0.1, 0.15) is 25.7 Å². The zero-order valence-electron chi connectivity index (χ0n) is 12.2. The number of piperidine rings is 1. The average Bonchev–Trinajstić information content (AvgIpc) is 2.77. The van der Waals surface area contributed by atoms with Gasteiger partial charge in [-0.05, 0) is 56.3 Å². The molecule has 122 valence electrons. The molecule has 2 heterocycles. The third-order valence-corrected chi connectivity index (χ3v) is 4.81. The number of aromatic amines is 1. The smallest absolute Gasteiger partial charge is 0.408 e. The first-order valence-electron chi connectivity index (χ1n) is 7.33. The molecule has 0 unspecified atom stereocenters. The van der Waals surface area contributed by atoms with Crippen molar-refractivity contribution in [3.8, 4) is 0 Å². The SMILES string of the molecule is Cl.Cl.O=c1[nH]c2ccc(NC3CC4(CCNCC4)C3)cc2o1. The van der Waals surface area contributed by atoms with Crippen LogP contribution in [0.15, 0.2) is 27.4 Å². The second kappa shape index (κ2) is 6.52. The number of nitrogens with one attached hydrogen (secondary N) is 3. The molecular formula is C15H21Cl2N3O2. The number of fused-ring (bicyclic) bond motifs is 1. The monoisotopic (exact) mass is 345 g/mol. The van der Waals surface area contributed by atoms with Gasteiger partial charge in [0.25, 0.3) is 0 Å². The summed E-state index contributed by atoms with van der Waals surface area (Å²) in [7, 11) is 0. The lowest BCUT2D eigenvalue weighted by Gasteiger charge is -2.50. The maximum absolute atomic E-state index is 11.1. The number of anilines is 1. The van der Waals surface area contributed by atoms with E-state index in [2.05, 4.69) is 15.6 Å². The van der Waals surface area contributed by atoms with Crippen LogP contribution >= 0.6 is 24.8 Å². The van der Waals surface area contributed by atoms with Crippen LogP contribution in [0.4, 0.5) is 5.69 Å². The second-order valence-electron chi connectivity index (χ2n) is 6.22. The highest BCUT2D eigenvalue weighted by Crippen LogP contribution is 2.48. The van der Waals surface area contributed by atoms with Gasteiger partial charge in [-0.2, -0.15) is 0 Å². The molecule has 1 aromatic heterocycles. The van der Waals surface area contributed by atoms with Gasteiger partial charge in [-0.25, -0.2) is 4.79 Å². The van der Waals surface area contributed by atoms with Crippen LogP contribution < -0.4 is 16.4 Å². The summed E-state index contributed by atoms with van der Waals surface area (Å²) in [6.45, 7) is 2.32. The maximum Gasteiger partial charge on any atom is 0.417 e. The molecule has 5 nitrogen and oxygen atoms in total. The molecule has 0 bridgehead atoms. The Labute approximate surface area is 141 Å². The van der Waals surface area contributed by atoms with Crippen LogP contribution in [-0.4, -0.2) is 24.1 Å². The Morgan fingerprint density at radius 2 is 1.91 bits per heavy atom. The molecule has 4 rings (SSSR count). The molecular weight excluding hydrogens is 325 g/mol. The number of hydrogen-bond acceptors (Lipinski definition) is 4. The van der Waals surface area contributed by atoms with E-state index < -0.39 is 5.76 Å². The van der Waals surface area contributed by atoms with E-state index in [1.165, 1.54) is 25.7 Å². The molecule has 3 N–H and O–H groups in total. The predicted molar refractivity (Wildman–Crippen MR) is 92.5 cm³/mol. The van der Waals surface area contributed by atoms with Gasteiger partial charge in [0, 0.05) is 17.8 Å². The van der Waals surface area contributed by atoms with Crippen molar-refractivity contribution < 1.29 is 4.42 Å². The third-order valence-electron chi connectivity index (χ3n) is 4.81. The van der Waals surface area contributed by atoms with Crippen molar-refractivity contribution in [2.24, 2.45) is 5.41 Å². The molecule has 7 heteroatoms. The summed E-state index contributed by atoms with van der Waals surface area (Å²) in [6, 6.07) is 6.35. The molecule has 1 aliphatic heterocycles. The van der Waals surface area contributed by atoms with E-state index in [-0.39, 0.29) is 24.8 Å². The fourth-order valence-electron chi connectivity index (χ4n) is 3.72. The molecule has 1 aromatic carbocycles. The van der Waals surface area contributed by atoms with Crippen molar-refractivity contribution in [3.05, 3.63) is 28.7 Å². The highest BCUT2D eigenvalue weighted by atomic mass is 35.5. The molecule has 1 saturated carbocycles. The van der Waals surface area contributed by atoms with E-state index in [0.29, 0.717) is 17.0 Å². The highest BCUT2D eigenvalue weighted by Gasteiger charge is 2.44. The Morgan fingerprint density at radius 1 is 1.18 bits per heavy atom. The van der Waals surface area contributed by atoms with Gasteiger partial charge < -0.3 is 15.1 Å². The van der Waals surface area contributed by atoms with E-state index >= 15 is 0 Å². The van der Waals surface area contributed by atoms with Crippen LogP contribution in [0.3, 0.4) is 0 Å². The molecule has 22 heavy (non-hydrogen) atoms. The van der Waals surface area contributed by atoms with Gasteiger partial charge >= 0.3 is 5.76 Å². The van der Waals surface area contributed by atoms with Crippen LogP contribution in [0, 0.1) is 5.41 Å². The lowest BCUT2D eigenvalue weighted by Crippen LogP contribution is -2.50. The zero-order valence-corrected chi connectivity index (χ0v) is 13.8. The first-order chi connectivity index (χ1) is 9.72. The first kappa shape index (κ1) is 17.2. The molecule has 2 fully saturated rings. The van der Waals surface area contributed by atoms with Gasteiger partial charge in [-0.1, -0.05) is 0 Å². The summed E-state index contributed by atoms with van der Waals surface area (Å²) in [5, 5.41) is 6.98. The Balaban J connectivity index is 0.000000882. The normalized spacial score (nSPS) is 20.0. The number of benzene rings is 1. The second-order valence-corrected chi connectivity index (χ2v) is 6.22. The highest BCUT2D eigenvalue weighted by molar-refractivity contribution is 5.85. The van der Waals surface area contributed by atoms with Crippen molar-refractivity contribution in [2.45, 2.75) is 31.7 Å². The largest absolute Gasteiger partial charge is 0.417 e. The first-order valence-corrected chi connectivity index (χ1v) is 7.33. The summed E-state index contributed by atoms with van der Waals surface area (Å²) in [5.74, 6) is -0.394. The summed E-state index contributed by atoms with van der Waals surface area (Å²) in [5.41, 5.74) is 2.99. The molecule has 2 aliphatic rings. The van der Waals surface area contributed by atoms with Gasteiger partial charge in [0.2, 0.25) is 0 Å². The van der Waals surface area contributed by atoms with E-state index in [4.69, 9.17) is 4.42 Å². The summed E-state index contributed by atoms with van der Waals surface area (Å²) >= 11 is 0. The lowest BCUT2D eigenvalue weighted by atomic mass is 9.60. The number of aromatic nitrogens is 1. The lowest BCUT2D eigenvalue weighted by molar-refractivity contribution is 0.0719. The van der Waals surface area contributed by atoms with Crippen molar-refractivity contribution in [1.82, 2.24) is 10.3 Å². The van der Waals surface area contributed by atoms with Gasteiger partial charge in [0.15, 0.2) is 5.58 Å². The fourth-order valence-corrected chi connectivity index (χ4v) is 3.72. The standard InChI is InChI=1S/C15H19N3O2.2ClH/c19-14-18-12-2-1-10(7-13(12)20-14)17-11-8-15(9-11)3-5-16-6-4-15;;/h1-2,7,11,16-17H,3-6,8-9H2,(H,18,19);2*1H. The summed E-state index contributed by atoms with van der Waals surface area (Å²) < 4.78 is 5.09. The van der Waals surface area contributed by atoms with Crippen molar-refractivity contribution in [2.75, 3.05) is 18.4 Å². The molecule has 0 amide bonds. The average molecular weight is 346 g/mol. The van der Waals surface area contributed by atoms with E-state index in [1.54, 1.807) is 0 Å². The number of hydrogen-bond donors (Lipinski definition) is 3. The Hall–Kier alpha value is -1.17. The molecule has 1 spiro atoms. The quantitative estimate of drug-likeness (QED) is 0.782. The zero-order chi connectivity index (χ0) is 13.6. The number of rotatable bonds is 2. The Morgan fingerprint density at radius 3 is 2.64 bits per heavy atom. The van der Waals surface area contributed by atoms with Crippen LogP contribution in [0.5, 0.6) is 0 Å². The van der Waals surface area contributed by atoms with Gasteiger partial charge in [0.05, 0.1) is 5.52 Å². The minimum absolute atomic E-state index is 0. The summed E-state index contributed by atoms with van der Waals surface area (Å²) in [6.07, 6.45) is 5.11. The van der Waals surface area contributed by atoms with E-state index in [9.17, 15) is 4.79 Å². The fraction of sp³-hybridized carbons (Fsp3) is 0.533. The molecule has 1 aliphatic carbocycles. The number of oxazole rings is 1. The van der Waals surface area contributed by atoms with Crippen molar-refractivity contribution in [3.63, 3.8) is 0 Å². The van der Waals surface area contributed by atoms with Crippen LogP contribution in [0.25, 0.3) is 11.1 Å². The Kier molecular flexibility index (Phi) is 5.10. The minimum Gasteiger partial charge on any atom is -0.408 e. The predicted octanol–water partition coefficient (Wildman–Crippen LogP) is 2.91. The maximum atomic E-state index is 11.1.